The molecular formula is C28H27ClN6O2. The predicted molar refractivity (Wildman–Crippen MR) is 146 cm³/mol. The molecule has 9 heteroatoms. The zero-order valence-corrected chi connectivity index (χ0v) is 21.2. The molecule has 0 saturated heterocycles. The summed E-state index contributed by atoms with van der Waals surface area (Å²) in [5, 5.41) is 8.34. The van der Waals surface area contributed by atoms with Crippen LogP contribution in [0.15, 0.2) is 65.7 Å². The van der Waals surface area contributed by atoms with Crippen molar-refractivity contribution in [3.05, 3.63) is 87.6 Å². The minimum absolute atomic E-state index is 0.0679. The molecule has 188 valence electrons. The van der Waals surface area contributed by atoms with Crippen LogP contribution < -0.4 is 16.2 Å². The number of rotatable bonds is 5. The molecule has 4 aromatic rings. The van der Waals surface area contributed by atoms with Gasteiger partial charge in [0.15, 0.2) is 0 Å². The normalized spacial score (nSPS) is 16.5. The smallest absolute Gasteiger partial charge is 0.264 e. The lowest BCUT2D eigenvalue weighted by atomic mass is 10.1. The Labute approximate surface area is 219 Å². The van der Waals surface area contributed by atoms with E-state index in [9.17, 15) is 9.59 Å². The van der Waals surface area contributed by atoms with Crippen molar-refractivity contribution in [1.29, 1.82) is 0 Å². The molecule has 6 rings (SSSR count). The zero-order chi connectivity index (χ0) is 25.5. The van der Waals surface area contributed by atoms with Crippen LogP contribution in [-0.4, -0.2) is 38.1 Å². The maximum atomic E-state index is 13.8. The molecule has 37 heavy (non-hydrogen) atoms. The van der Waals surface area contributed by atoms with Crippen LogP contribution in [0.3, 0.4) is 0 Å². The number of aromatic nitrogens is 3. The standard InChI is InChI=1S/C28H27ClN6O2/c1-17(33-26-24-25(30-15-31-26)32-16-34(27(24)36)19-9-5-6-10-19)22-14-18-8-7-13-21(29)23(18)28(37)35(22)20-11-3-2-4-12-20/h2-4,7-8,11-15,17,19H,5-6,9-10,16H2,1H3,(H2,30,31,32,33). The molecule has 1 aliphatic heterocycles. The molecule has 0 bridgehead atoms. The summed E-state index contributed by atoms with van der Waals surface area (Å²) in [6.07, 6.45) is 5.75. The van der Waals surface area contributed by atoms with Crippen LogP contribution in [0.1, 0.15) is 54.7 Å². The topological polar surface area (TPSA) is 92.2 Å². The number of carbonyl (C=O) groups excluding carboxylic acids is 1. The van der Waals surface area contributed by atoms with Crippen molar-refractivity contribution in [3.63, 3.8) is 0 Å². The maximum Gasteiger partial charge on any atom is 0.264 e. The number of fused-ring (bicyclic) bond motifs is 2. The number of nitrogens with zero attached hydrogens (tertiary/aromatic N) is 4. The van der Waals surface area contributed by atoms with E-state index in [1.165, 1.54) is 6.33 Å². The van der Waals surface area contributed by atoms with E-state index < -0.39 is 0 Å². The Kier molecular flexibility index (Phi) is 6.04. The summed E-state index contributed by atoms with van der Waals surface area (Å²) < 4.78 is 1.67. The average molecular weight is 515 g/mol. The van der Waals surface area contributed by atoms with E-state index in [0.29, 0.717) is 34.3 Å². The number of pyridine rings is 1. The number of nitrogens with one attached hydrogen (secondary N) is 2. The van der Waals surface area contributed by atoms with Crippen LogP contribution in [0.5, 0.6) is 0 Å². The van der Waals surface area contributed by atoms with Gasteiger partial charge in [0, 0.05) is 17.4 Å². The maximum absolute atomic E-state index is 13.8. The van der Waals surface area contributed by atoms with Crippen molar-refractivity contribution >= 4 is 39.9 Å². The number of amides is 1. The quantitative estimate of drug-likeness (QED) is 0.372. The molecular weight excluding hydrogens is 488 g/mol. The van der Waals surface area contributed by atoms with E-state index in [4.69, 9.17) is 11.6 Å². The third-order valence-electron chi connectivity index (χ3n) is 7.34. The Hall–Kier alpha value is -3.91. The van der Waals surface area contributed by atoms with Gasteiger partial charge in [-0.1, -0.05) is 54.8 Å². The lowest BCUT2D eigenvalue weighted by Crippen LogP contribution is -2.46. The lowest BCUT2D eigenvalue weighted by Gasteiger charge is -2.34. The van der Waals surface area contributed by atoms with Crippen molar-refractivity contribution in [3.8, 4) is 5.69 Å². The van der Waals surface area contributed by atoms with Gasteiger partial charge < -0.3 is 15.5 Å². The number of benzene rings is 2. The van der Waals surface area contributed by atoms with Gasteiger partial charge >= 0.3 is 0 Å². The molecule has 1 fully saturated rings. The first-order valence-corrected chi connectivity index (χ1v) is 13.0. The fourth-order valence-electron chi connectivity index (χ4n) is 5.50. The van der Waals surface area contributed by atoms with Gasteiger partial charge in [-0.15, -0.1) is 0 Å². The summed E-state index contributed by atoms with van der Waals surface area (Å²) in [5.41, 5.74) is 1.69. The van der Waals surface area contributed by atoms with Gasteiger partial charge in [-0.05, 0) is 49.4 Å². The SMILES string of the molecule is CC(Nc1ncnc2c1C(=O)N(C1CCCC1)CN2)c1cc2cccc(Cl)c2c(=O)n1-c1ccccc1. The number of halogens is 1. The van der Waals surface area contributed by atoms with Crippen LogP contribution in [-0.2, 0) is 0 Å². The number of hydrogen-bond donors (Lipinski definition) is 2. The minimum atomic E-state index is -0.370. The number of anilines is 2. The van der Waals surface area contributed by atoms with E-state index >= 15 is 0 Å². The van der Waals surface area contributed by atoms with E-state index in [1.807, 2.05) is 60.4 Å². The molecule has 2 N–H and O–H groups in total. The lowest BCUT2D eigenvalue weighted by molar-refractivity contribution is 0.0686. The fourth-order valence-corrected chi connectivity index (χ4v) is 5.76. The van der Waals surface area contributed by atoms with Gasteiger partial charge in [-0.25, -0.2) is 9.97 Å². The highest BCUT2D eigenvalue weighted by Crippen LogP contribution is 2.33. The monoisotopic (exact) mass is 514 g/mol. The minimum Gasteiger partial charge on any atom is -0.361 e. The Morgan fingerprint density at radius 3 is 2.62 bits per heavy atom. The fraction of sp³-hybridized carbons (Fsp3) is 0.286. The van der Waals surface area contributed by atoms with Gasteiger partial charge in [-0.3, -0.25) is 14.2 Å². The summed E-state index contributed by atoms with van der Waals surface area (Å²) in [5.74, 6) is 0.896. The molecule has 1 saturated carbocycles. The van der Waals surface area contributed by atoms with Gasteiger partial charge in [-0.2, -0.15) is 0 Å². The third-order valence-corrected chi connectivity index (χ3v) is 7.65. The van der Waals surface area contributed by atoms with Crippen LogP contribution in [0, 0.1) is 0 Å². The Balaban J connectivity index is 1.43. The zero-order valence-electron chi connectivity index (χ0n) is 20.4. The first-order valence-electron chi connectivity index (χ1n) is 12.6. The van der Waals surface area contributed by atoms with Crippen molar-refractivity contribution in [2.24, 2.45) is 0 Å². The molecule has 8 nitrogen and oxygen atoms in total. The molecule has 2 aliphatic rings. The molecule has 1 amide bonds. The first-order chi connectivity index (χ1) is 18.0. The summed E-state index contributed by atoms with van der Waals surface area (Å²) in [7, 11) is 0. The van der Waals surface area contributed by atoms with Gasteiger partial charge in [0.05, 0.1) is 23.1 Å². The average Bonchev–Trinajstić information content (AvgIpc) is 3.44. The van der Waals surface area contributed by atoms with Crippen molar-refractivity contribution in [1.82, 2.24) is 19.4 Å². The van der Waals surface area contributed by atoms with Crippen LogP contribution in [0.25, 0.3) is 16.5 Å². The number of carbonyl (C=O) groups is 1. The first kappa shape index (κ1) is 23.5. The second kappa shape index (κ2) is 9.52. The molecule has 0 radical (unpaired) electrons. The Morgan fingerprint density at radius 2 is 1.84 bits per heavy atom. The molecule has 2 aromatic heterocycles. The second-order valence-electron chi connectivity index (χ2n) is 9.61. The summed E-state index contributed by atoms with van der Waals surface area (Å²) >= 11 is 6.45. The van der Waals surface area contributed by atoms with Gasteiger partial charge in [0.25, 0.3) is 11.5 Å². The van der Waals surface area contributed by atoms with E-state index in [1.54, 1.807) is 10.6 Å². The number of hydrogen-bond acceptors (Lipinski definition) is 6. The highest BCUT2D eigenvalue weighted by molar-refractivity contribution is 6.35. The van der Waals surface area contributed by atoms with Gasteiger partial charge in [0.2, 0.25) is 0 Å². The third kappa shape index (κ3) is 4.11. The molecule has 2 aromatic carbocycles. The van der Waals surface area contributed by atoms with Crippen molar-refractivity contribution in [2.75, 3.05) is 17.3 Å². The molecule has 1 atom stereocenters. The second-order valence-corrected chi connectivity index (χ2v) is 10.0. The summed E-state index contributed by atoms with van der Waals surface area (Å²) in [6, 6.07) is 16.7. The van der Waals surface area contributed by atoms with Crippen molar-refractivity contribution in [2.45, 2.75) is 44.7 Å². The van der Waals surface area contributed by atoms with Crippen LogP contribution in [0.2, 0.25) is 5.02 Å². The largest absolute Gasteiger partial charge is 0.361 e. The van der Waals surface area contributed by atoms with Crippen LogP contribution >= 0.6 is 11.6 Å². The van der Waals surface area contributed by atoms with E-state index in [2.05, 4.69) is 20.6 Å². The van der Waals surface area contributed by atoms with E-state index in [-0.39, 0.29) is 23.6 Å². The number of para-hydroxylation sites is 1. The van der Waals surface area contributed by atoms with Crippen LogP contribution in [0.4, 0.5) is 11.6 Å². The predicted octanol–water partition coefficient (Wildman–Crippen LogP) is 5.38. The summed E-state index contributed by atoms with van der Waals surface area (Å²) in [6.45, 7) is 2.40. The highest BCUT2D eigenvalue weighted by Gasteiger charge is 2.35. The van der Waals surface area contributed by atoms with E-state index in [0.717, 1.165) is 42.5 Å². The Bertz CT molecular complexity index is 1550. The Morgan fingerprint density at radius 1 is 1.05 bits per heavy atom. The molecule has 1 unspecified atom stereocenters. The van der Waals surface area contributed by atoms with Gasteiger partial charge in [0.1, 0.15) is 23.5 Å². The highest BCUT2D eigenvalue weighted by atomic mass is 35.5. The summed E-state index contributed by atoms with van der Waals surface area (Å²) in [4.78, 5) is 38.0. The molecule has 3 heterocycles. The molecule has 1 aliphatic carbocycles. The molecule has 0 spiro atoms. The van der Waals surface area contributed by atoms with Crippen molar-refractivity contribution < 1.29 is 4.79 Å².